The Hall–Kier alpha value is -1.38. The first kappa shape index (κ1) is 7.97. The smallest absolute Gasteiger partial charge is 0.159 e. The highest BCUT2D eigenvalue weighted by atomic mass is 16.5. The van der Waals surface area contributed by atoms with Crippen LogP contribution in [0.25, 0.3) is 0 Å². The Labute approximate surface area is 83.0 Å². The zero-order chi connectivity index (χ0) is 9.38. The molecule has 0 radical (unpaired) electrons. The summed E-state index contributed by atoms with van der Waals surface area (Å²) in [7, 11) is 0. The van der Waals surface area contributed by atoms with Gasteiger partial charge in [-0.05, 0) is 30.9 Å². The molecule has 1 aliphatic heterocycles. The third kappa shape index (κ3) is 1.50. The molecule has 2 aliphatic rings. The maximum Gasteiger partial charge on any atom is 0.159 e. The van der Waals surface area contributed by atoms with Crippen molar-refractivity contribution in [3.63, 3.8) is 0 Å². The first-order chi connectivity index (χ1) is 6.92. The largest absolute Gasteiger partial charge is 0.493 e. The van der Waals surface area contributed by atoms with Crippen molar-refractivity contribution < 1.29 is 9.47 Å². The molecule has 3 nitrogen and oxygen atoms in total. The van der Waals surface area contributed by atoms with Gasteiger partial charge in [0.25, 0.3) is 0 Å². The van der Waals surface area contributed by atoms with Crippen molar-refractivity contribution in [2.45, 2.75) is 12.8 Å². The molecule has 3 rings (SSSR count). The molecule has 1 fully saturated rings. The number of anilines is 1. The summed E-state index contributed by atoms with van der Waals surface area (Å²) in [6.07, 6.45) is 2.65. The fraction of sp³-hybridized carbons (Fsp3) is 0.455. The minimum atomic E-state index is 0.571. The average Bonchev–Trinajstić information content (AvgIpc) is 2.92. The molecule has 0 aromatic heterocycles. The first-order valence-corrected chi connectivity index (χ1v) is 5.05. The number of hydrogen-bond donors (Lipinski definition) is 1. The van der Waals surface area contributed by atoms with Crippen LogP contribution >= 0.6 is 0 Å². The van der Waals surface area contributed by atoms with E-state index in [-0.39, 0.29) is 0 Å². The van der Waals surface area contributed by atoms with Crippen molar-refractivity contribution in [1.29, 1.82) is 0 Å². The van der Waals surface area contributed by atoms with E-state index in [1.807, 2.05) is 18.2 Å². The molecule has 0 atom stereocenters. The second kappa shape index (κ2) is 3.08. The summed E-state index contributed by atoms with van der Waals surface area (Å²) in [5.74, 6) is 2.66. The lowest BCUT2D eigenvalue weighted by Crippen LogP contribution is -1.99. The van der Waals surface area contributed by atoms with Crippen LogP contribution in [0.1, 0.15) is 12.8 Å². The lowest BCUT2D eigenvalue weighted by atomic mass is 10.3. The molecule has 3 heteroatoms. The molecule has 0 unspecified atom stereocenters. The van der Waals surface area contributed by atoms with Gasteiger partial charge in [-0.1, -0.05) is 0 Å². The van der Waals surface area contributed by atoms with Crippen LogP contribution in [0.3, 0.4) is 0 Å². The molecule has 0 amide bonds. The number of nitrogens with one attached hydrogen (secondary N) is 1. The predicted molar refractivity (Wildman–Crippen MR) is 53.8 cm³/mol. The van der Waals surface area contributed by atoms with Gasteiger partial charge in [-0.15, -0.1) is 0 Å². The van der Waals surface area contributed by atoms with E-state index in [4.69, 9.17) is 9.47 Å². The molecular formula is C11H13NO2. The highest BCUT2D eigenvalue weighted by molar-refractivity contribution is 5.61. The Kier molecular flexibility index (Phi) is 1.76. The van der Waals surface area contributed by atoms with Gasteiger partial charge in [0.1, 0.15) is 11.5 Å². The van der Waals surface area contributed by atoms with E-state index in [9.17, 15) is 0 Å². The zero-order valence-electron chi connectivity index (χ0n) is 7.95. The van der Waals surface area contributed by atoms with Crippen LogP contribution in [0.2, 0.25) is 0 Å². The van der Waals surface area contributed by atoms with Crippen LogP contribution in [0.15, 0.2) is 18.2 Å². The van der Waals surface area contributed by atoms with Crippen molar-refractivity contribution in [3.8, 4) is 11.5 Å². The lowest BCUT2D eigenvalue weighted by Gasteiger charge is -2.05. The highest BCUT2D eigenvalue weighted by Gasteiger charge is 2.22. The summed E-state index contributed by atoms with van der Waals surface area (Å²) in [5, 5.41) is 3.14. The number of rotatable bonds is 3. The van der Waals surface area contributed by atoms with Gasteiger partial charge < -0.3 is 14.8 Å². The second-order valence-electron chi connectivity index (χ2n) is 3.88. The van der Waals surface area contributed by atoms with Crippen molar-refractivity contribution in [2.75, 3.05) is 18.7 Å². The maximum absolute atomic E-state index is 5.66. The summed E-state index contributed by atoms with van der Waals surface area (Å²) in [5.41, 5.74) is 1.04. The van der Waals surface area contributed by atoms with Gasteiger partial charge in [-0.2, -0.15) is 0 Å². The Bertz CT molecular complexity index is 347. The molecule has 1 aromatic carbocycles. The molecular weight excluding hydrogens is 178 g/mol. The normalized spacial score (nSPS) is 18.3. The SMILES string of the molecule is c1cc2c(cc1OCC1CC1)NCO2. The standard InChI is InChI=1S/C11H13NO2/c1-2-8(1)6-13-9-3-4-11-10(5-9)12-7-14-11/h3-5,8,12H,1-2,6-7H2. The van der Waals surface area contributed by atoms with Crippen LogP contribution in [0, 0.1) is 5.92 Å². The van der Waals surface area contributed by atoms with Crippen molar-refractivity contribution in [2.24, 2.45) is 5.92 Å². The van der Waals surface area contributed by atoms with Crippen LogP contribution in [-0.4, -0.2) is 13.3 Å². The molecule has 0 spiro atoms. The lowest BCUT2D eigenvalue weighted by molar-refractivity contribution is 0.299. The van der Waals surface area contributed by atoms with Crippen molar-refractivity contribution in [1.82, 2.24) is 0 Å². The van der Waals surface area contributed by atoms with Crippen LogP contribution in [0.5, 0.6) is 11.5 Å². The van der Waals surface area contributed by atoms with Gasteiger partial charge >= 0.3 is 0 Å². The van der Waals surface area contributed by atoms with Gasteiger partial charge in [0.05, 0.1) is 12.3 Å². The molecule has 1 aliphatic carbocycles. The molecule has 0 saturated heterocycles. The Morgan fingerprint density at radius 1 is 1.43 bits per heavy atom. The first-order valence-electron chi connectivity index (χ1n) is 5.05. The number of fused-ring (bicyclic) bond motifs is 1. The molecule has 0 bridgehead atoms. The van der Waals surface area contributed by atoms with Crippen LogP contribution < -0.4 is 14.8 Å². The second-order valence-corrected chi connectivity index (χ2v) is 3.88. The number of hydrogen-bond acceptors (Lipinski definition) is 3. The summed E-state index contributed by atoms with van der Waals surface area (Å²) >= 11 is 0. The van der Waals surface area contributed by atoms with E-state index >= 15 is 0 Å². The van der Waals surface area contributed by atoms with E-state index in [1.54, 1.807) is 0 Å². The fourth-order valence-electron chi connectivity index (χ4n) is 1.55. The zero-order valence-corrected chi connectivity index (χ0v) is 7.95. The minimum absolute atomic E-state index is 0.571. The van der Waals surface area contributed by atoms with Gasteiger partial charge in [0.15, 0.2) is 6.73 Å². The summed E-state index contributed by atoms with van der Waals surface area (Å²) < 4.78 is 11.0. The maximum atomic E-state index is 5.66. The molecule has 1 aromatic rings. The van der Waals surface area contributed by atoms with Gasteiger partial charge in [0.2, 0.25) is 0 Å². The molecule has 1 heterocycles. The van der Waals surface area contributed by atoms with E-state index in [1.165, 1.54) is 12.8 Å². The average molecular weight is 191 g/mol. The van der Waals surface area contributed by atoms with Gasteiger partial charge in [-0.3, -0.25) is 0 Å². The summed E-state index contributed by atoms with van der Waals surface area (Å²) in [4.78, 5) is 0. The molecule has 14 heavy (non-hydrogen) atoms. The number of benzene rings is 1. The molecule has 1 saturated carbocycles. The monoisotopic (exact) mass is 191 g/mol. The minimum Gasteiger partial charge on any atom is -0.493 e. The Morgan fingerprint density at radius 2 is 2.36 bits per heavy atom. The molecule has 1 N–H and O–H groups in total. The quantitative estimate of drug-likeness (QED) is 0.794. The van der Waals surface area contributed by atoms with Crippen LogP contribution in [-0.2, 0) is 0 Å². The summed E-state index contributed by atoms with van der Waals surface area (Å²) in [6.45, 7) is 1.43. The third-order valence-corrected chi connectivity index (χ3v) is 2.62. The number of ether oxygens (including phenoxy) is 2. The van der Waals surface area contributed by atoms with Gasteiger partial charge in [0, 0.05) is 6.07 Å². The van der Waals surface area contributed by atoms with Crippen molar-refractivity contribution in [3.05, 3.63) is 18.2 Å². The molecule has 74 valence electrons. The van der Waals surface area contributed by atoms with E-state index < -0.39 is 0 Å². The Balaban J connectivity index is 1.71. The predicted octanol–water partition coefficient (Wildman–Crippen LogP) is 2.24. The van der Waals surface area contributed by atoms with E-state index in [2.05, 4.69) is 5.32 Å². The van der Waals surface area contributed by atoms with E-state index in [0.717, 1.165) is 29.7 Å². The van der Waals surface area contributed by atoms with Gasteiger partial charge in [-0.25, -0.2) is 0 Å². The van der Waals surface area contributed by atoms with Crippen molar-refractivity contribution >= 4 is 5.69 Å². The van der Waals surface area contributed by atoms with Crippen LogP contribution in [0.4, 0.5) is 5.69 Å². The summed E-state index contributed by atoms with van der Waals surface area (Å²) in [6, 6.07) is 5.93. The fourth-order valence-corrected chi connectivity index (χ4v) is 1.55. The van der Waals surface area contributed by atoms with E-state index in [0.29, 0.717) is 6.73 Å². The topological polar surface area (TPSA) is 30.5 Å². The Morgan fingerprint density at radius 3 is 3.21 bits per heavy atom. The highest BCUT2D eigenvalue weighted by Crippen LogP contribution is 2.34. The third-order valence-electron chi connectivity index (χ3n) is 2.62.